The molecule has 2 aromatic carbocycles. The summed E-state index contributed by atoms with van der Waals surface area (Å²) in [5, 5.41) is 0. The number of hydrazine groups is 1. The zero-order chi connectivity index (χ0) is 13.7. The van der Waals surface area contributed by atoms with E-state index in [9.17, 15) is 0 Å². The molecule has 1 atom stereocenters. The first-order valence-electron chi connectivity index (χ1n) is 6.03. The van der Waals surface area contributed by atoms with Crippen molar-refractivity contribution in [2.45, 2.75) is 6.04 Å². The minimum Gasteiger partial charge on any atom is -0.497 e. The van der Waals surface area contributed by atoms with Crippen LogP contribution in [0.1, 0.15) is 17.2 Å². The molecule has 19 heavy (non-hydrogen) atoms. The van der Waals surface area contributed by atoms with Gasteiger partial charge in [0.1, 0.15) is 11.5 Å². The molecule has 0 saturated carbocycles. The average Bonchev–Trinajstić information content (AvgIpc) is 2.49. The maximum atomic E-state index is 5.69. The van der Waals surface area contributed by atoms with Gasteiger partial charge in [-0.15, -0.1) is 0 Å². The van der Waals surface area contributed by atoms with Crippen molar-refractivity contribution in [3.8, 4) is 11.5 Å². The van der Waals surface area contributed by atoms with E-state index < -0.39 is 0 Å². The second kappa shape index (κ2) is 6.22. The molecular formula is C15H18N2O2. The van der Waals surface area contributed by atoms with Gasteiger partial charge < -0.3 is 9.47 Å². The smallest absolute Gasteiger partial charge is 0.127 e. The van der Waals surface area contributed by atoms with Crippen LogP contribution in [0.15, 0.2) is 48.5 Å². The molecule has 100 valence electrons. The van der Waals surface area contributed by atoms with E-state index in [1.165, 1.54) is 0 Å². The molecule has 0 amide bonds. The Morgan fingerprint density at radius 2 is 1.74 bits per heavy atom. The molecule has 0 aliphatic rings. The van der Waals surface area contributed by atoms with Gasteiger partial charge in [-0.2, -0.15) is 0 Å². The summed E-state index contributed by atoms with van der Waals surface area (Å²) >= 11 is 0. The first kappa shape index (κ1) is 13.4. The van der Waals surface area contributed by atoms with Crippen molar-refractivity contribution in [2.24, 2.45) is 5.84 Å². The van der Waals surface area contributed by atoms with Gasteiger partial charge in [-0.3, -0.25) is 5.84 Å². The third kappa shape index (κ3) is 2.86. The van der Waals surface area contributed by atoms with Crippen LogP contribution in [0, 0.1) is 0 Å². The summed E-state index contributed by atoms with van der Waals surface area (Å²) in [7, 11) is 3.27. The standard InChI is InChI=1S/C15H18N2O2/c1-18-12-8-9-13(14(10-12)19-2)15(17-16)11-6-4-3-5-7-11/h3-10,15,17H,16H2,1-2H3. The van der Waals surface area contributed by atoms with Gasteiger partial charge >= 0.3 is 0 Å². The highest BCUT2D eigenvalue weighted by Gasteiger charge is 2.17. The summed E-state index contributed by atoms with van der Waals surface area (Å²) in [6, 6.07) is 15.6. The Labute approximate surface area is 113 Å². The maximum absolute atomic E-state index is 5.69. The molecule has 2 aromatic rings. The zero-order valence-corrected chi connectivity index (χ0v) is 11.1. The van der Waals surface area contributed by atoms with E-state index in [1.54, 1.807) is 14.2 Å². The molecule has 0 aromatic heterocycles. The molecule has 3 N–H and O–H groups in total. The van der Waals surface area contributed by atoms with Crippen LogP contribution in [0.3, 0.4) is 0 Å². The first-order valence-corrected chi connectivity index (χ1v) is 6.03. The van der Waals surface area contributed by atoms with Gasteiger partial charge in [-0.25, -0.2) is 5.43 Å². The van der Waals surface area contributed by atoms with Gasteiger partial charge in [0, 0.05) is 11.6 Å². The van der Waals surface area contributed by atoms with Crippen LogP contribution < -0.4 is 20.7 Å². The summed E-state index contributed by atoms with van der Waals surface area (Å²) in [4.78, 5) is 0. The predicted octanol–water partition coefficient (Wildman–Crippen LogP) is 2.26. The predicted molar refractivity (Wildman–Crippen MR) is 75.2 cm³/mol. The number of nitrogens with two attached hydrogens (primary N) is 1. The first-order chi connectivity index (χ1) is 9.30. The largest absolute Gasteiger partial charge is 0.497 e. The van der Waals surface area contributed by atoms with Crippen molar-refractivity contribution in [3.63, 3.8) is 0 Å². The Kier molecular flexibility index (Phi) is 4.39. The van der Waals surface area contributed by atoms with E-state index >= 15 is 0 Å². The van der Waals surface area contributed by atoms with Crippen LogP contribution in [-0.4, -0.2) is 14.2 Å². The van der Waals surface area contributed by atoms with E-state index in [0.717, 1.165) is 22.6 Å². The fourth-order valence-corrected chi connectivity index (χ4v) is 2.07. The fourth-order valence-electron chi connectivity index (χ4n) is 2.07. The summed E-state index contributed by atoms with van der Waals surface area (Å²) in [6.45, 7) is 0. The van der Waals surface area contributed by atoms with Crippen LogP contribution >= 0.6 is 0 Å². The Morgan fingerprint density at radius 3 is 2.32 bits per heavy atom. The number of hydrogen-bond donors (Lipinski definition) is 2. The van der Waals surface area contributed by atoms with Gasteiger partial charge in [0.15, 0.2) is 0 Å². The molecule has 0 radical (unpaired) electrons. The molecule has 0 aliphatic heterocycles. The van der Waals surface area contributed by atoms with Crippen LogP contribution in [0.5, 0.6) is 11.5 Å². The van der Waals surface area contributed by atoms with Crippen LogP contribution in [0.25, 0.3) is 0 Å². The van der Waals surface area contributed by atoms with Crippen LogP contribution in [0.4, 0.5) is 0 Å². The van der Waals surface area contributed by atoms with Crippen molar-refractivity contribution in [3.05, 3.63) is 59.7 Å². The van der Waals surface area contributed by atoms with Crippen molar-refractivity contribution in [1.82, 2.24) is 5.43 Å². The van der Waals surface area contributed by atoms with Crippen molar-refractivity contribution in [2.75, 3.05) is 14.2 Å². The van der Waals surface area contributed by atoms with Crippen LogP contribution in [0.2, 0.25) is 0 Å². The van der Waals surface area contributed by atoms with E-state index in [0.29, 0.717) is 0 Å². The van der Waals surface area contributed by atoms with E-state index in [1.807, 2.05) is 48.5 Å². The topological polar surface area (TPSA) is 56.5 Å². The van der Waals surface area contributed by atoms with E-state index in [2.05, 4.69) is 5.43 Å². The zero-order valence-electron chi connectivity index (χ0n) is 11.1. The fraction of sp³-hybridized carbons (Fsp3) is 0.200. The van der Waals surface area contributed by atoms with E-state index in [4.69, 9.17) is 15.3 Å². The lowest BCUT2D eigenvalue weighted by Gasteiger charge is -2.20. The number of ether oxygens (including phenoxy) is 2. The number of rotatable bonds is 5. The minimum absolute atomic E-state index is 0.123. The van der Waals surface area contributed by atoms with Gasteiger partial charge in [0.2, 0.25) is 0 Å². The van der Waals surface area contributed by atoms with E-state index in [-0.39, 0.29) is 6.04 Å². The number of benzene rings is 2. The Morgan fingerprint density at radius 1 is 1.00 bits per heavy atom. The quantitative estimate of drug-likeness (QED) is 0.638. The third-order valence-electron chi connectivity index (χ3n) is 3.05. The second-order valence-corrected chi connectivity index (χ2v) is 4.12. The SMILES string of the molecule is COc1ccc(C(NN)c2ccccc2)c(OC)c1. The number of hydrogen-bond acceptors (Lipinski definition) is 4. The molecule has 0 bridgehead atoms. The second-order valence-electron chi connectivity index (χ2n) is 4.12. The molecule has 0 heterocycles. The Balaban J connectivity index is 2.43. The highest BCUT2D eigenvalue weighted by atomic mass is 16.5. The highest BCUT2D eigenvalue weighted by Crippen LogP contribution is 2.32. The van der Waals surface area contributed by atoms with Crippen molar-refractivity contribution >= 4 is 0 Å². The molecule has 0 spiro atoms. The van der Waals surface area contributed by atoms with Gasteiger partial charge in [0.05, 0.1) is 20.3 Å². The summed E-state index contributed by atoms with van der Waals surface area (Å²) in [5.74, 6) is 7.19. The summed E-state index contributed by atoms with van der Waals surface area (Å²) in [5.41, 5.74) is 4.87. The monoisotopic (exact) mass is 258 g/mol. The molecule has 2 rings (SSSR count). The van der Waals surface area contributed by atoms with Gasteiger partial charge in [-0.05, 0) is 17.7 Å². The van der Waals surface area contributed by atoms with Crippen molar-refractivity contribution < 1.29 is 9.47 Å². The third-order valence-corrected chi connectivity index (χ3v) is 3.05. The molecule has 4 nitrogen and oxygen atoms in total. The Hall–Kier alpha value is -2.04. The average molecular weight is 258 g/mol. The highest BCUT2D eigenvalue weighted by molar-refractivity contribution is 5.45. The van der Waals surface area contributed by atoms with Gasteiger partial charge in [-0.1, -0.05) is 30.3 Å². The molecule has 0 fully saturated rings. The molecule has 1 unspecified atom stereocenters. The van der Waals surface area contributed by atoms with Crippen molar-refractivity contribution in [1.29, 1.82) is 0 Å². The molecule has 4 heteroatoms. The van der Waals surface area contributed by atoms with Gasteiger partial charge in [0.25, 0.3) is 0 Å². The summed E-state index contributed by atoms with van der Waals surface area (Å²) in [6.07, 6.45) is 0. The lowest BCUT2D eigenvalue weighted by Crippen LogP contribution is -2.29. The molecule has 0 saturated heterocycles. The number of methoxy groups -OCH3 is 2. The molecule has 0 aliphatic carbocycles. The summed E-state index contributed by atoms with van der Waals surface area (Å²) < 4.78 is 10.6. The normalized spacial score (nSPS) is 11.9. The lowest BCUT2D eigenvalue weighted by molar-refractivity contribution is 0.387. The Bertz CT molecular complexity index is 529. The number of nitrogens with one attached hydrogen (secondary N) is 1. The lowest BCUT2D eigenvalue weighted by atomic mass is 9.98. The maximum Gasteiger partial charge on any atom is 0.127 e. The van der Waals surface area contributed by atoms with Crippen LogP contribution in [-0.2, 0) is 0 Å². The molecular weight excluding hydrogens is 240 g/mol. The minimum atomic E-state index is -0.123.